The standard InChI is InChI=1S/C24H29N5O3/c1-24(31)8-10-29(11-9-24)18-5-3-16(4-6-18)19-13-20-21(23(30)28(2)15-25-20)22(27-19)26-17-7-12-32-14-17/h3-6,13,15,17,31H,7-12,14H2,1-2H3,(H,26,27)/t17-/m1/s1. The fourth-order valence-electron chi connectivity index (χ4n) is 4.41. The van der Waals surface area contributed by atoms with E-state index in [1.807, 2.05) is 13.0 Å². The minimum absolute atomic E-state index is 0.119. The number of ether oxygens (including phenoxy) is 1. The molecule has 8 nitrogen and oxygen atoms in total. The number of nitrogens with one attached hydrogen (secondary N) is 1. The Hall–Kier alpha value is -2.97. The van der Waals surface area contributed by atoms with Crippen LogP contribution >= 0.6 is 0 Å². The molecule has 0 amide bonds. The molecule has 0 spiro atoms. The first-order valence-corrected chi connectivity index (χ1v) is 11.2. The maximum absolute atomic E-state index is 12.8. The van der Waals surface area contributed by atoms with Crippen molar-refractivity contribution in [3.05, 3.63) is 47.0 Å². The SMILES string of the molecule is Cn1cnc2cc(-c3ccc(N4CCC(C)(O)CC4)cc3)nc(N[C@@H]3CCOC3)c2c1=O. The third kappa shape index (κ3) is 4.08. The third-order valence-electron chi connectivity index (χ3n) is 6.54. The number of aryl methyl sites for hydroxylation is 1. The van der Waals surface area contributed by atoms with Crippen molar-refractivity contribution in [3.8, 4) is 11.3 Å². The Kier molecular flexibility index (Phi) is 5.35. The number of hydrogen-bond acceptors (Lipinski definition) is 7. The lowest BCUT2D eigenvalue weighted by Crippen LogP contribution is -2.42. The van der Waals surface area contributed by atoms with Crippen molar-refractivity contribution in [2.45, 2.75) is 37.8 Å². The van der Waals surface area contributed by atoms with Crippen LogP contribution in [0.15, 0.2) is 41.5 Å². The zero-order valence-electron chi connectivity index (χ0n) is 18.5. The lowest BCUT2D eigenvalue weighted by Gasteiger charge is -2.37. The third-order valence-corrected chi connectivity index (χ3v) is 6.54. The second-order valence-electron chi connectivity index (χ2n) is 9.15. The number of rotatable bonds is 4. The van der Waals surface area contributed by atoms with Crippen molar-refractivity contribution < 1.29 is 9.84 Å². The van der Waals surface area contributed by atoms with Crippen LogP contribution in [0, 0.1) is 0 Å². The molecule has 0 aliphatic carbocycles. The van der Waals surface area contributed by atoms with E-state index >= 15 is 0 Å². The molecular weight excluding hydrogens is 406 g/mol. The molecule has 1 aromatic carbocycles. The summed E-state index contributed by atoms with van der Waals surface area (Å²) in [6.07, 6.45) is 3.96. The summed E-state index contributed by atoms with van der Waals surface area (Å²) in [4.78, 5) is 24.4. The molecule has 168 valence electrons. The van der Waals surface area contributed by atoms with E-state index in [9.17, 15) is 9.90 Å². The number of piperidine rings is 1. The van der Waals surface area contributed by atoms with Gasteiger partial charge in [0, 0.05) is 38.0 Å². The van der Waals surface area contributed by atoms with Crippen molar-refractivity contribution in [1.29, 1.82) is 0 Å². The van der Waals surface area contributed by atoms with E-state index in [0.29, 0.717) is 29.9 Å². The highest BCUT2D eigenvalue weighted by molar-refractivity contribution is 5.91. The average Bonchev–Trinajstić information content (AvgIpc) is 3.29. The minimum Gasteiger partial charge on any atom is -0.390 e. The molecule has 0 unspecified atom stereocenters. The van der Waals surface area contributed by atoms with Crippen molar-refractivity contribution in [1.82, 2.24) is 14.5 Å². The Morgan fingerprint density at radius 1 is 1.22 bits per heavy atom. The quantitative estimate of drug-likeness (QED) is 0.651. The number of hydrogen-bond donors (Lipinski definition) is 2. The zero-order valence-corrected chi connectivity index (χ0v) is 18.5. The number of nitrogens with zero attached hydrogens (tertiary/aromatic N) is 4. The lowest BCUT2D eigenvalue weighted by molar-refractivity contribution is 0.0351. The Morgan fingerprint density at radius 2 is 1.97 bits per heavy atom. The smallest absolute Gasteiger partial charge is 0.264 e. The van der Waals surface area contributed by atoms with Gasteiger partial charge in [0.15, 0.2) is 0 Å². The van der Waals surface area contributed by atoms with Gasteiger partial charge in [-0.05, 0) is 44.4 Å². The van der Waals surface area contributed by atoms with Crippen molar-refractivity contribution in [2.24, 2.45) is 7.05 Å². The maximum atomic E-state index is 12.8. The van der Waals surface area contributed by atoms with Crippen molar-refractivity contribution in [3.63, 3.8) is 0 Å². The van der Waals surface area contributed by atoms with Crippen LogP contribution < -0.4 is 15.8 Å². The molecule has 2 N–H and O–H groups in total. The van der Waals surface area contributed by atoms with Crippen LogP contribution in [-0.2, 0) is 11.8 Å². The fraction of sp³-hybridized carbons (Fsp3) is 0.458. The van der Waals surface area contributed by atoms with Crippen molar-refractivity contribution in [2.75, 3.05) is 36.5 Å². The second-order valence-corrected chi connectivity index (χ2v) is 9.15. The molecule has 2 saturated heterocycles. The number of aromatic nitrogens is 3. The summed E-state index contributed by atoms with van der Waals surface area (Å²) in [5.41, 5.74) is 2.82. The highest BCUT2D eigenvalue weighted by Gasteiger charge is 2.27. The number of pyridine rings is 1. The summed E-state index contributed by atoms with van der Waals surface area (Å²) in [6, 6.07) is 10.3. The molecule has 0 saturated carbocycles. The summed E-state index contributed by atoms with van der Waals surface area (Å²) >= 11 is 0. The van der Waals surface area contributed by atoms with Gasteiger partial charge in [0.2, 0.25) is 0 Å². The van der Waals surface area contributed by atoms with Crippen LogP contribution in [0.1, 0.15) is 26.2 Å². The van der Waals surface area contributed by atoms with E-state index in [-0.39, 0.29) is 11.6 Å². The molecule has 32 heavy (non-hydrogen) atoms. The lowest BCUT2D eigenvalue weighted by atomic mass is 9.93. The van der Waals surface area contributed by atoms with Crippen LogP contribution in [0.2, 0.25) is 0 Å². The second kappa shape index (κ2) is 8.18. The van der Waals surface area contributed by atoms with Crippen molar-refractivity contribution >= 4 is 22.4 Å². The molecule has 2 aliphatic heterocycles. The molecule has 3 aromatic rings. The number of fused-ring (bicyclic) bond motifs is 1. The van der Waals surface area contributed by atoms with Gasteiger partial charge >= 0.3 is 0 Å². The number of anilines is 2. The Balaban J connectivity index is 1.48. The van der Waals surface area contributed by atoms with Crippen LogP contribution in [-0.4, -0.2) is 57.6 Å². The zero-order chi connectivity index (χ0) is 22.3. The van der Waals surface area contributed by atoms with E-state index < -0.39 is 5.60 Å². The van der Waals surface area contributed by atoms with E-state index in [2.05, 4.69) is 39.5 Å². The van der Waals surface area contributed by atoms with Gasteiger partial charge < -0.3 is 24.6 Å². The molecule has 0 radical (unpaired) electrons. The molecular formula is C24H29N5O3. The summed E-state index contributed by atoms with van der Waals surface area (Å²) < 4.78 is 6.96. The van der Waals surface area contributed by atoms with Crippen LogP contribution in [0.25, 0.3) is 22.2 Å². The molecule has 2 aromatic heterocycles. The highest BCUT2D eigenvalue weighted by atomic mass is 16.5. The summed E-state index contributed by atoms with van der Waals surface area (Å²) in [6.45, 7) is 4.89. The summed E-state index contributed by atoms with van der Waals surface area (Å²) in [5.74, 6) is 0.559. The van der Waals surface area contributed by atoms with Gasteiger partial charge in [0.25, 0.3) is 5.56 Å². The molecule has 1 atom stereocenters. The predicted octanol–water partition coefficient (Wildman–Crippen LogP) is 2.55. The van der Waals surface area contributed by atoms with Crippen LogP contribution in [0.4, 0.5) is 11.5 Å². The van der Waals surface area contributed by atoms with Crippen LogP contribution in [0.3, 0.4) is 0 Å². The fourth-order valence-corrected chi connectivity index (χ4v) is 4.41. The number of benzene rings is 1. The van der Waals surface area contributed by atoms with Gasteiger partial charge in [0.1, 0.15) is 11.2 Å². The van der Waals surface area contributed by atoms with Gasteiger partial charge in [-0.2, -0.15) is 0 Å². The van der Waals surface area contributed by atoms with Crippen LogP contribution in [0.5, 0.6) is 0 Å². The predicted molar refractivity (Wildman–Crippen MR) is 125 cm³/mol. The summed E-state index contributed by atoms with van der Waals surface area (Å²) in [5, 5.41) is 14.1. The van der Waals surface area contributed by atoms with E-state index in [1.54, 1.807) is 13.4 Å². The average molecular weight is 436 g/mol. The summed E-state index contributed by atoms with van der Waals surface area (Å²) in [7, 11) is 1.70. The molecule has 2 fully saturated rings. The molecule has 4 heterocycles. The first kappa shape index (κ1) is 20.9. The van der Waals surface area contributed by atoms with Gasteiger partial charge in [-0.25, -0.2) is 9.97 Å². The largest absolute Gasteiger partial charge is 0.390 e. The molecule has 5 rings (SSSR count). The van der Waals surface area contributed by atoms with Gasteiger partial charge in [-0.15, -0.1) is 0 Å². The number of aliphatic hydroxyl groups is 1. The highest BCUT2D eigenvalue weighted by Crippen LogP contribution is 2.30. The van der Waals surface area contributed by atoms with Gasteiger partial charge in [0.05, 0.1) is 35.8 Å². The monoisotopic (exact) mass is 435 g/mol. The Labute approximate surface area is 186 Å². The molecule has 8 heteroatoms. The Bertz CT molecular complexity index is 1170. The van der Waals surface area contributed by atoms with Gasteiger partial charge in [-0.1, -0.05) is 12.1 Å². The minimum atomic E-state index is -0.566. The Morgan fingerprint density at radius 3 is 2.66 bits per heavy atom. The molecule has 2 aliphatic rings. The first-order valence-electron chi connectivity index (χ1n) is 11.2. The molecule has 0 bridgehead atoms. The van der Waals surface area contributed by atoms with Gasteiger partial charge in [-0.3, -0.25) is 4.79 Å². The topological polar surface area (TPSA) is 92.5 Å². The normalized spacial score (nSPS) is 20.6. The van der Waals surface area contributed by atoms with E-state index in [4.69, 9.17) is 9.72 Å². The maximum Gasteiger partial charge on any atom is 0.264 e. The van der Waals surface area contributed by atoms with E-state index in [0.717, 1.165) is 49.3 Å². The first-order chi connectivity index (χ1) is 15.4. The van der Waals surface area contributed by atoms with E-state index in [1.165, 1.54) is 4.57 Å².